The monoisotopic (exact) mass is 219 g/mol. The number of aryl methyl sites for hydroxylation is 1. The molecule has 0 fully saturated rings. The minimum Gasteiger partial charge on any atom is -0.379 e. The molecule has 0 aromatic heterocycles. The zero-order valence-corrected chi connectivity index (χ0v) is 8.40. The number of halogens is 3. The highest BCUT2D eigenvalue weighted by Gasteiger charge is 2.01. The summed E-state index contributed by atoms with van der Waals surface area (Å²) in [6, 6.07) is 7.33. The Hall–Kier alpha value is -0.830. The Bertz CT molecular complexity index is 261. The molecule has 1 aromatic rings. The third-order valence-corrected chi connectivity index (χ3v) is 1.99. The molecule has 1 aromatic carbocycles. The van der Waals surface area contributed by atoms with Gasteiger partial charge in [0.2, 0.25) is 0 Å². The van der Waals surface area contributed by atoms with Gasteiger partial charge >= 0.3 is 0 Å². The van der Waals surface area contributed by atoms with Crippen LogP contribution >= 0.6 is 11.6 Å². The SMILES string of the molecule is FC(F)CNc1ccc(CCCl)cc1. The van der Waals surface area contributed by atoms with Gasteiger partial charge in [0.15, 0.2) is 0 Å². The summed E-state index contributed by atoms with van der Waals surface area (Å²) in [6.45, 7) is -0.311. The summed E-state index contributed by atoms with van der Waals surface area (Å²) < 4.78 is 23.7. The van der Waals surface area contributed by atoms with E-state index in [0.29, 0.717) is 11.6 Å². The molecule has 0 radical (unpaired) electrons. The van der Waals surface area contributed by atoms with Gasteiger partial charge in [-0.05, 0) is 24.1 Å². The van der Waals surface area contributed by atoms with Gasteiger partial charge in [0.1, 0.15) is 0 Å². The van der Waals surface area contributed by atoms with Gasteiger partial charge in [-0.15, -0.1) is 11.6 Å². The third-order valence-electron chi connectivity index (χ3n) is 1.80. The van der Waals surface area contributed by atoms with Crippen LogP contribution in [0.4, 0.5) is 14.5 Å². The van der Waals surface area contributed by atoms with Gasteiger partial charge in [-0.1, -0.05) is 12.1 Å². The van der Waals surface area contributed by atoms with Crippen molar-refractivity contribution in [2.24, 2.45) is 0 Å². The summed E-state index contributed by atoms with van der Waals surface area (Å²) in [7, 11) is 0. The molecule has 78 valence electrons. The van der Waals surface area contributed by atoms with Crippen LogP contribution in [0.5, 0.6) is 0 Å². The lowest BCUT2D eigenvalue weighted by Crippen LogP contribution is -2.09. The van der Waals surface area contributed by atoms with Crippen molar-refractivity contribution in [1.29, 1.82) is 0 Å². The molecular formula is C10H12ClF2N. The van der Waals surface area contributed by atoms with Crippen molar-refractivity contribution in [2.45, 2.75) is 12.8 Å². The normalized spacial score (nSPS) is 10.6. The van der Waals surface area contributed by atoms with Crippen LogP contribution in [0, 0.1) is 0 Å². The first kappa shape index (κ1) is 11.2. The number of benzene rings is 1. The van der Waals surface area contributed by atoms with E-state index in [2.05, 4.69) is 5.32 Å². The second-order valence-electron chi connectivity index (χ2n) is 2.91. The largest absolute Gasteiger partial charge is 0.379 e. The van der Waals surface area contributed by atoms with Gasteiger partial charge in [-0.3, -0.25) is 0 Å². The summed E-state index contributed by atoms with van der Waals surface area (Å²) >= 11 is 5.56. The molecule has 0 aliphatic rings. The summed E-state index contributed by atoms with van der Waals surface area (Å²) in [6.07, 6.45) is -1.52. The Kier molecular flexibility index (Phi) is 4.66. The van der Waals surface area contributed by atoms with E-state index < -0.39 is 6.43 Å². The van der Waals surface area contributed by atoms with Gasteiger partial charge in [-0.2, -0.15) is 0 Å². The average molecular weight is 220 g/mol. The van der Waals surface area contributed by atoms with Gasteiger partial charge < -0.3 is 5.32 Å². The summed E-state index contributed by atoms with van der Waals surface area (Å²) in [4.78, 5) is 0. The minimum absolute atomic E-state index is 0.311. The lowest BCUT2D eigenvalue weighted by Gasteiger charge is -2.06. The molecule has 0 spiro atoms. The quantitative estimate of drug-likeness (QED) is 0.751. The summed E-state index contributed by atoms with van der Waals surface area (Å²) in [5.41, 5.74) is 1.83. The van der Waals surface area contributed by atoms with Crippen molar-refractivity contribution >= 4 is 17.3 Å². The molecule has 0 heterocycles. The second-order valence-corrected chi connectivity index (χ2v) is 3.29. The number of hydrogen-bond acceptors (Lipinski definition) is 1. The molecule has 0 aliphatic heterocycles. The van der Waals surface area contributed by atoms with Gasteiger partial charge in [0.05, 0.1) is 6.54 Å². The highest BCUT2D eigenvalue weighted by atomic mass is 35.5. The Morgan fingerprint density at radius 3 is 2.36 bits per heavy atom. The van der Waals surface area contributed by atoms with Crippen molar-refractivity contribution in [2.75, 3.05) is 17.7 Å². The molecule has 14 heavy (non-hydrogen) atoms. The lowest BCUT2D eigenvalue weighted by molar-refractivity contribution is 0.163. The van der Waals surface area contributed by atoms with Gasteiger partial charge in [0.25, 0.3) is 6.43 Å². The van der Waals surface area contributed by atoms with Crippen LogP contribution in [0.15, 0.2) is 24.3 Å². The van der Waals surface area contributed by atoms with Crippen molar-refractivity contribution in [3.05, 3.63) is 29.8 Å². The topological polar surface area (TPSA) is 12.0 Å². The fourth-order valence-corrected chi connectivity index (χ4v) is 1.31. The Balaban J connectivity index is 2.46. The van der Waals surface area contributed by atoms with Crippen molar-refractivity contribution in [3.63, 3.8) is 0 Å². The first-order valence-electron chi connectivity index (χ1n) is 4.39. The molecule has 0 saturated heterocycles. The van der Waals surface area contributed by atoms with Crippen molar-refractivity contribution in [3.8, 4) is 0 Å². The molecule has 0 bridgehead atoms. The molecule has 0 aliphatic carbocycles. The first-order valence-corrected chi connectivity index (χ1v) is 4.92. The molecule has 1 nitrogen and oxygen atoms in total. The van der Waals surface area contributed by atoms with Gasteiger partial charge in [0, 0.05) is 11.6 Å². The summed E-state index contributed by atoms with van der Waals surface area (Å²) in [5, 5.41) is 2.63. The maximum atomic E-state index is 11.8. The molecule has 1 rings (SSSR count). The molecular weight excluding hydrogens is 208 g/mol. The Morgan fingerprint density at radius 2 is 1.86 bits per heavy atom. The van der Waals surface area contributed by atoms with Crippen LogP contribution in [0.3, 0.4) is 0 Å². The highest BCUT2D eigenvalue weighted by molar-refractivity contribution is 6.17. The fourth-order valence-electron chi connectivity index (χ4n) is 1.09. The van der Waals surface area contributed by atoms with E-state index in [4.69, 9.17) is 11.6 Å². The number of hydrogen-bond donors (Lipinski definition) is 1. The fraction of sp³-hybridized carbons (Fsp3) is 0.400. The number of anilines is 1. The third kappa shape index (κ3) is 3.92. The van der Waals surface area contributed by atoms with E-state index in [1.807, 2.05) is 12.1 Å². The standard InChI is InChI=1S/C10H12ClF2N/c11-6-5-8-1-3-9(4-2-8)14-7-10(12)13/h1-4,10,14H,5-7H2. The number of alkyl halides is 3. The smallest absolute Gasteiger partial charge is 0.255 e. The molecule has 0 amide bonds. The van der Waals surface area contributed by atoms with E-state index in [1.54, 1.807) is 12.1 Å². The summed E-state index contributed by atoms with van der Waals surface area (Å²) in [5.74, 6) is 0.573. The van der Waals surface area contributed by atoms with E-state index in [1.165, 1.54) is 0 Å². The van der Waals surface area contributed by atoms with E-state index in [0.717, 1.165) is 12.0 Å². The van der Waals surface area contributed by atoms with Gasteiger partial charge in [-0.25, -0.2) is 8.78 Å². The van der Waals surface area contributed by atoms with Crippen LogP contribution < -0.4 is 5.32 Å². The van der Waals surface area contributed by atoms with Crippen LogP contribution in [0.2, 0.25) is 0 Å². The van der Waals surface area contributed by atoms with Crippen LogP contribution in [0.1, 0.15) is 5.56 Å². The molecule has 0 saturated carbocycles. The van der Waals surface area contributed by atoms with E-state index >= 15 is 0 Å². The van der Waals surface area contributed by atoms with Crippen molar-refractivity contribution < 1.29 is 8.78 Å². The van der Waals surface area contributed by atoms with Crippen LogP contribution in [0.25, 0.3) is 0 Å². The zero-order valence-electron chi connectivity index (χ0n) is 7.64. The lowest BCUT2D eigenvalue weighted by atomic mass is 10.1. The Morgan fingerprint density at radius 1 is 1.21 bits per heavy atom. The first-order chi connectivity index (χ1) is 6.72. The minimum atomic E-state index is -2.32. The number of nitrogens with one attached hydrogen (secondary N) is 1. The maximum Gasteiger partial charge on any atom is 0.255 e. The molecule has 4 heteroatoms. The van der Waals surface area contributed by atoms with Crippen molar-refractivity contribution in [1.82, 2.24) is 0 Å². The molecule has 0 unspecified atom stereocenters. The predicted octanol–water partition coefficient (Wildman–Crippen LogP) is 3.14. The predicted molar refractivity (Wildman–Crippen MR) is 55.4 cm³/mol. The maximum absolute atomic E-state index is 11.8. The molecule has 1 N–H and O–H groups in total. The van der Waals surface area contributed by atoms with Crippen LogP contribution in [-0.4, -0.2) is 18.9 Å². The second kappa shape index (κ2) is 5.81. The van der Waals surface area contributed by atoms with E-state index in [9.17, 15) is 8.78 Å². The average Bonchev–Trinajstić information content (AvgIpc) is 2.17. The zero-order chi connectivity index (χ0) is 10.4. The number of rotatable bonds is 5. The Labute approximate surface area is 87.1 Å². The highest BCUT2D eigenvalue weighted by Crippen LogP contribution is 2.10. The van der Waals surface area contributed by atoms with Crippen LogP contribution in [-0.2, 0) is 6.42 Å². The molecule has 0 atom stereocenters. The van der Waals surface area contributed by atoms with E-state index in [-0.39, 0.29) is 6.54 Å².